The predicted octanol–water partition coefficient (Wildman–Crippen LogP) is 3.26. The minimum absolute atomic E-state index is 0.0114. The van der Waals surface area contributed by atoms with Gasteiger partial charge in [-0.05, 0) is 37.3 Å². The quantitative estimate of drug-likeness (QED) is 0.840. The van der Waals surface area contributed by atoms with E-state index in [0.29, 0.717) is 17.9 Å². The van der Waals surface area contributed by atoms with E-state index in [9.17, 15) is 9.18 Å². The fraction of sp³-hybridized carbons (Fsp3) is 0.133. The highest BCUT2D eigenvalue weighted by atomic mass is 19.1. The Balaban J connectivity index is 2.50. The zero-order valence-corrected chi connectivity index (χ0v) is 11.0. The Morgan fingerprint density at radius 2 is 2.00 bits per heavy atom. The lowest BCUT2D eigenvalue weighted by Crippen LogP contribution is -2.18. The first-order valence-electron chi connectivity index (χ1n) is 6.19. The highest BCUT2D eigenvalue weighted by molar-refractivity contribution is 5.95. The van der Waals surface area contributed by atoms with Gasteiger partial charge in [0.25, 0.3) is 0 Å². The third kappa shape index (κ3) is 2.56. The standard InChI is InChI=1S/C15H15FN2O2/c1-2-18(14-6-4-3-5-12(14)16)10-7-8-13(17)11(9-10)15(19)20/h3-9H,2,17H2,1H3,(H,19,20). The molecule has 0 aliphatic carbocycles. The van der Waals surface area contributed by atoms with E-state index in [1.807, 2.05) is 6.92 Å². The SMILES string of the molecule is CCN(c1ccc(N)c(C(=O)O)c1)c1ccccc1F. The molecule has 0 heterocycles. The number of nitrogen functional groups attached to an aromatic ring is 1. The number of rotatable bonds is 4. The van der Waals surface area contributed by atoms with Crippen molar-refractivity contribution in [3.05, 3.63) is 53.8 Å². The maximum Gasteiger partial charge on any atom is 0.337 e. The number of nitrogens with zero attached hydrogens (tertiary/aromatic N) is 1. The van der Waals surface area contributed by atoms with Gasteiger partial charge in [-0.15, -0.1) is 0 Å². The highest BCUT2D eigenvalue weighted by Gasteiger charge is 2.15. The average molecular weight is 274 g/mol. The maximum atomic E-state index is 13.9. The predicted molar refractivity (Wildman–Crippen MR) is 76.9 cm³/mol. The molecule has 0 atom stereocenters. The Hall–Kier alpha value is -2.56. The van der Waals surface area contributed by atoms with E-state index in [2.05, 4.69) is 0 Å². The molecule has 5 heteroatoms. The summed E-state index contributed by atoms with van der Waals surface area (Å²) in [7, 11) is 0. The van der Waals surface area contributed by atoms with Gasteiger partial charge in [-0.1, -0.05) is 12.1 Å². The molecule has 0 radical (unpaired) electrons. The molecular weight excluding hydrogens is 259 g/mol. The number of halogens is 1. The van der Waals surface area contributed by atoms with Crippen LogP contribution < -0.4 is 10.6 Å². The largest absolute Gasteiger partial charge is 0.478 e. The second kappa shape index (κ2) is 5.61. The van der Waals surface area contributed by atoms with E-state index in [0.717, 1.165) is 0 Å². The first-order valence-corrected chi connectivity index (χ1v) is 6.19. The number of carbonyl (C=O) groups is 1. The number of benzene rings is 2. The Morgan fingerprint density at radius 1 is 1.30 bits per heavy atom. The zero-order valence-electron chi connectivity index (χ0n) is 11.0. The van der Waals surface area contributed by atoms with Crippen molar-refractivity contribution >= 4 is 23.0 Å². The number of carboxylic acids is 1. The second-order valence-electron chi connectivity index (χ2n) is 4.27. The van der Waals surface area contributed by atoms with E-state index < -0.39 is 5.97 Å². The third-order valence-corrected chi connectivity index (χ3v) is 3.04. The average Bonchev–Trinajstić information content (AvgIpc) is 2.43. The summed E-state index contributed by atoms with van der Waals surface area (Å²) in [5.74, 6) is -1.46. The van der Waals surface area contributed by atoms with Crippen LogP contribution >= 0.6 is 0 Å². The summed E-state index contributed by atoms with van der Waals surface area (Å²) >= 11 is 0. The molecule has 2 aromatic carbocycles. The molecule has 0 aliphatic heterocycles. The van der Waals surface area contributed by atoms with Gasteiger partial charge in [-0.2, -0.15) is 0 Å². The van der Waals surface area contributed by atoms with Crippen LogP contribution in [0.2, 0.25) is 0 Å². The molecular formula is C15H15FN2O2. The van der Waals surface area contributed by atoms with Crippen molar-refractivity contribution in [3.8, 4) is 0 Å². The van der Waals surface area contributed by atoms with Crippen molar-refractivity contribution in [2.24, 2.45) is 0 Å². The van der Waals surface area contributed by atoms with Gasteiger partial charge in [-0.3, -0.25) is 0 Å². The molecule has 20 heavy (non-hydrogen) atoms. The smallest absolute Gasteiger partial charge is 0.337 e. The van der Waals surface area contributed by atoms with Crippen molar-refractivity contribution in [3.63, 3.8) is 0 Å². The molecule has 0 saturated heterocycles. The molecule has 0 aliphatic rings. The minimum atomic E-state index is -1.10. The number of nitrogens with two attached hydrogens (primary N) is 1. The van der Waals surface area contributed by atoms with E-state index in [-0.39, 0.29) is 17.1 Å². The fourth-order valence-electron chi connectivity index (χ4n) is 2.06. The normalized spacial score (nSPS) is 10.3. The van der Waals surface area contributed by atoms with Crippen molar-refractivity contribution in [1.82, 2.24) is 0 Å². The first-order chi connectivity index (χ1) is 9.54. The van der Waals surface area contributed by atoms with E-state index in [1.165, 1.54) is 18.2 Å². The number of hydrogen-bond donors (Lipinski definition) is 2. The van der Waals surface area contributed by atoms with Crippen LogP contribution in [0, 0.1) is 5.82 Å². The maximum absolute atomic E-state index is 13.9. The van der Waals surface area contributed by atoms with Gasteiger partial charge in [0.1, 0.15) is 5.82 Å². The lowest BCUT2D eigenvalue weighted by Gasteiger charge is -2.24. The van der Waals surface area contributed by atoms with E-state index in [1.54, 1.807) is 29.2 Å². The monoisotopic (exact) mass is 274 g/mol. The molecule has 3 N–H and O–H groups in total. The Bertz CT molecular complexity index is 644. The van der Waals surface area contributed by atoms with Crippen LogP contribution in [0.5, 0.6) is 0 Å². The fourth-order valence-corrected chi connectivity index (χ4v) is 2.06. The number of aromatic carboxylic acids is 1. The van der Waals surface area contributed by atoms with Crippen molar-refractivity contribution < 1.29 is 14.3 Å². The summed E-state index contributed by atoms with van der Waals surface area (Å²) in [6.07, 6.45) is 0. The molecule has 0 amide bonds. The van der Waals surface area contributed by atoms with Crippen LogP contribution in [0.25, 0.3) is 0 Å². The summed E-state index contributed by atoms with van der Waals surface area (Å²) in [4.78, 5) is 12.8. The van der Waals surface area contributed by atoms with Crippen molar-refractivity contribution in [2.45, 2.75) is 6.92 Å². The lowest BCUT2D eigenvalue weighted by molar-refractivity contribution is 0.0698. The van der Waals surface area contributed by atoms with Gasteiger partial charge in [0.15, 0.2) is 0 Å². The summed E-state index contributed by atoms with van der Waals surface area (Å²) in [5.41, 5.74) is 6.81. The van der Waals surface area contributed by atoms with E-state index in [4.69, 9.17) is 10.8 Å². The first kappa shape index (κ1) is 13.9. The number of anilines is 3. The molecule has 104 valence electrons. The Labute approximate surface area is 116 Å². The molecule has 0 fully saturated rings. The minimum Gasteiger partial charge on any atom is -0.478 e. The molecule has 0 saturated carbocycles. The van der Waals surface area contributed by atoms with Gasteiger partial charge >= 0.3 is 5.97 Å². The third-order valence-electron chi connectivity index (χ3n) is 3.04. The van der Waals surface area contributed by atoms with Crippen LogP contribution in [0.1, 0.15) is 17.3 Å². The van der Waals surface area contributed by atoms with Gasteiger partial charge < -0.3 is 15.7 Å². The van der Waals surface area contributed by atoms with Crippen LogP contribution in [0.4, 0.5) is 21.5 Å². The van der Waals surface area contributed by atoms with Crippen molar-refractivity contribution in [2.75, 3.05) is 17.2 Å². The molecule has 0 aromatic heterocycles. The molecule has 0 bridgehead atoms. The molecule has 2 aromatic rings. The summed E-state index contributed by atoms with van der Waals surface area (Å²) < 4.78 is 13.9. The Kier molecular flexibility index (Phi) is 3.89. The number of para-hydroxylation sites is 1. The lowest BCUT2D eigenvalue weighted by atomic mass is 10.1. The van der Waals surface area contributed by atoms with Gasteiger partial charge in [-0.25, -0.2) is 9.18 Å². The molecule has 2 rings (SSSR count). The van der Waals surface area contributed by atoms with E-state index >= 15 is 0 Å². The van der Waals surface area contributed by atoms with Gasteiger partial charge in [0.05, 0.1) is 11.3 Å². The summed E-state index contributed by atoms with van der Waals surface area (Å²) in [6, 6.07) is 11.0. The molecule has 4 nitrogen and oxygen atoms in total. The molecule has 0 spiro atoms. The summed E-state index contributed by atoms with van der Waals surface area (Å²) in [5, 5.41) is 9.10. The second-order valence-corrected chi connectivity index (χ2v) is 4.27. The Morgan fingerprint density at radius 3 is 2.60 bits per heavy atom. The van der Waals surface area contributed by atoms with Gasteiger partial charge in [0.2, 0.25) is 0 Å². The van der Waals surface area contributed by atoms with Gasteiger partial charge in [0, 0.05) is 17.9 Å². The number of hydrogen-bond acceptors (Lipinski definition) is 3. The summed E-state index contributed by atoms with van der Waals surface area (Å²) in [6.45, 7) is 2.37. The highest BCUT2D eigenvalue weighted by Crippen LogP contribution is 2.29. The van der Waals surface area contributed by atoms with Crippen LogP contribution in [0.15, 0.2) is 42.5 Å². The van der Waals surface area contributed by atoms with Crippen LogP contribution in [-0.4, -0.2) is 17.6 Å². The topological polar surface area (TPSA) is 66.6 Å². The van der Waals surface area contributed by atoms with Crippen LogP contribution in [0.3, 0.4) is 0 Å². The zero-order chi connectivity index (χ0) is 14.7. The van der Waals surface area contributed by atoms with Crippen molar-refractivity contribution in [1.29, 1.82) is 0 Å². The number of carboxylic acid groups (broad SMARTS) is 1. The molecule has 0 unspecified atom stereocenters. The van der Waals surface area contributed by atoms with Crippen LogP contribution in [-0.2, 0) is 0 Å².